The van der Waals surface area contributed by atoms with Gasteiger partial charge in [0, 0.05) is 18.2 Å². The Morgan fingerprint density at radius 3 is 3.13 bits per heavy atom. The number of benzene rings is 1. The number of pyridine rings is 1. The van der Waals surface area contributed by atoms with Gasteiger partial charge in [0.1, 0.15) is 0 Å². The molecule has 1 aliphatic heterocycles. The van der Waals surface area contributed by atoms with Gasteiger partial charge in [-0.15, -0.1) is 0 Å². The van der Waals surface area contributed by atoms with Crippen molar-refractivity contribution in [2.45, 2.75) is 18.9 Å². The van der Waals surface area contributed by atoms with E-state index in [1.807, 2.05) is 12.3 Å². The van der Waals surface area contributed by atoms with Crippen LogP contribution in [-0.4, -0.2) is 11.6 Å². The minimum atomic E-state index is 0.301. The number of hydrogen-bond donors (Lipinski definition) is 0. The molecule has 76 valence electrons. The Labute approximate surface area is 88.9 Å². The number of ether oxygens (including phenoxy) is 1. The molecule has 1 atom stereocenters. The Bertz CT molecular complexity index is 475. The molecule has 1 aromatic carbocycles. The van der Waals surface area contributed by atoms with Crippen LogP contribution in [0.4, 0.5) is 0 Å². The third-order valence-electron chi connectivity index (χ3n) is 2.93. The smallest absolute Gasteiger partial charge is 0.0826 e. The van der Waals surface area contributed by atoms with Crippen LogP contribution in [-0.2, 0) is 4.74 Å². The molecular formula is C13H13NO. The highest BCUT2D eigenvalue weighted by molar-refractivity contribution is 5.79. The van der Waals surface area contributed by atoms with Crippen molar-refractivity contribution in [2.75, 3.05) is 6.61 Å². The van der Waals surface area contributed by atoms with Crippen LogP contribution in [0.3, 0.4) is 0 Å². The zero-order valence-electron chi connectivity index (χ0n) is 8.52. The Kier molecular flexibility index (Phi) is 2.14. The summed E-state index contributed by atoms with van der Waals surface area (Å²) in [7, 11) is 0. The van der Waals surface area contributed by atoms with E-state index in [0.29, 0.717) is 6.10 Å². The van der Waals surface area contributed by atoms with E-state index >= 15 is 0 Å². The summed E-state index contributed by atoms with van der Waals surface area (Å²) < 4.78 is 5.67. The lowest BCUT2D eigenvalue weighted by molar-refractivity contribution is 0.112. The molecule has 0 N–H and O–H groups in total. The largest absolute Gasteiger partial charge is 0.374 e. The van der Waals surface area contributed by atoms with Gasteiger partial charge < -0.3 is 4.74 Å². The number of hydrogen-bond acceptors (Lipinski definition) is 2. The molecular weight excluding hydrogens is 186 g/mol. The average Bonchev–Trinajstić information content (AvgIpc) is 2.82. The molecule has 0 saturated carbocycles. The Morgan fingerprint density at radius 2 is 2.27 bits per heavy atom. The maximum Gasteiger partial charge on any atom is 0.0826 e. The van der Waals surface area contributed by atoms with Gasteiger partial charge in [0.2, 0.25) is 0 Å². The zero-order chi connectivity index (χ0) is 10.1. The van der Waals surface area contributed by atoms with Gasteiger partial charge >= 0.3 is 0 Å². The molecule has 1 aromatic heterocycles. The molecule has 2 nitrogen and oxygen atoms in total. The van der Waals surface area contributed by atoms with E-state index in [0.717, 1.165) is 18.5 Å². The lowest BCUT2D eigenvalue weighted by Crippen LogP contribution is -1.95. The summed E-state index contributed by atoms with van der Waals surface area (Å²) >= 11 is 0. The zero-order valence-corrected chi connectivity index (χ0v) is 8.52. The number of rotatable bonds is 1. The molecule has 15 heavy (non-hydrogen) atoms. The van der Waals surface area contributed by atoms with Crippen LogP contribution in [0.1, 0.15) is 24.5 Å². The highest BCUT2D eigenvalue weighted by atomic mass is 16.5. The molecule has 1 fully saturated rings. The topological polar surface area (TPSA) is 22.1 Å². The average molecular weight is 199 g/mol. The van der Waals surface area contributed by atoms with Crippen LogP contribution >= 0.6 is 0 Å². The maximum atomic E-state index is 5.67. The fraction of sp³-hybridized carbons (Fsp3) is 0.308. The number of nitrogens with zero attached hydrogens (tertiary/aromatic N) is 1. The summed E-state index contributed by atoms with van der Waals surface area (Å²) in [4.78, 5) is 4.31. The maximum absolute atomic E-state index is 5.67. The third-order valence-corrected chi connectivity index (χ3v) is 2.93. The first kappa shape index (κ1) is 8.86. The van der Waals surface area contributed by atoms with Crippen LogP contribution in [0.5, 0.6) is 0 Å². The third kappa shape index (κ3) is 1.61. The molecule has 1 saturated heterocycles. The molecule has 0 radical (unpaired) electrons. The van der Waals surface area contributed by atoms with E-state index in [-0.39, 0.29) is 0 Å². The van der Waals surface area contributed by atoms with E-state index in [9.17, 15) is 0 Å². The Hall–Kier alpha value is -1.41. The Morgan fingerprint density at radius 1 is 1.27 bits per heavy atom. The van der Waals surface area contributed by atoms with Crippen LogP contribution < -0.4 is 0 Å². The summed E-state index contributed by atoms with van der Waals surface area (Å²) in [5, 5.41) is 1.20. The molecule has 3 rings (SSSR count). The van der Waals surface area contributed by atoms with Crippen LogP contribution in [0.25, 0.3) is 10.9 Å². The van der Waals surface area contributed by atoms with Gasteiger partial charge in [0.25, 0.3) is 0 Å². The second-order valence-corrected chi connectivity index (χ2v) is 3.96. The highest BCUT2D eigenvalue weighted by Gasteiger charge is 2.17. The van der Waals surface area contributed by atoms with Crippen molar-refractivity contribution < 1.29 is 4.74 Å². The molecule has 1 unspecified atom stereocenters. The van der Waals surface area contributed by atoms with Gasteiger partial charge in [0.15, 0.2) is 0 Å². The van der Waals surface area contributed by atoms with Gasteiger partial charge in [-0.3, -0.25) is 4.98 Å². The summed E-state index contributed by atoms with van der Waals surface area (Å²) in [5.41, 5.74) is 2.34. The van der Waals surface area contributed by atoms with Crippen molar-refractivity contribution in [1.82, 2.24) is 4.98 Å². The standard InChI is InChI=1S/C13H13NO/c1-3-10-9-11(13-4-2-8-15-13)5-6-12(10)14-7-1/h1,3,5-7,9,13H,2,4,8H2. The molecule has 2 heterocycles. The second-order valence-electron chi connectivity index (χ2n) is 3.96. The van der Waals surface area contributed by atoms with Crippen molar-refractivity contribution >= 4 is 10.9 Å². The molecule has 0 spiro atoms. The van der Waals surface area contributed by atoms with E-state index in [4.69, 9.17) is 4.74 Å². The quantitative estimate of drug-likeness (QED) is 0.704. The summed E-state index contributed by atoms with van der Waals surface area (Å²) in [6, 6.07) is 10.5. The normalized spacial score (nSPS) is 20.9. The molecule has 2 heteroatoms. The van der Waals surface area contributed by atoms with E-state index in [1.165, 1.54) is 17.4 Å². The molecule has 0 bridgehead atoms. The van der Waals surface area contributed by atoms with E-state index in [2.05, 4.69) is 29.2 Å². The first-order valence-corrected chi connectivity index (χ1v) is 5.40. The number of aromatic nitrogens is 1. The SMILES string of the molecule is c1cnc2ccc(C3CCCO3)cc2c1. The summed E-state index contributed by atoms with van der Waals surface area (Å²) in [5.74, 6) is 0. The van der Waals surface area contributed by atoms with Crippen LogP contribution in [0.2, 0.25) is 0 Å². The lowest BCUT2D eigenvalue weighted by atomic mass is 10.0. The molecule has 0 aliphatic carbocycles. The van der Waals surface area contributed by atoms with Crippen LogP contribution in [0.15, 0.2) is 36.5 Å². The van der Waals surface area contributed by atoms with Crippen molar-refractivity contribution in [3.63, 3.8) is 0 Å². The molecule has 0 amide bonds. The highest BCUT2D eigenvalue weighted by Crippen LogP contribution is 2.29. The predicted octanol–water partition coefficient (Wildman–Crippen LogP) is 3.09. The van der Waals surface area contributed by atoms with Gasteiger partial charge in [-0.25, -0.2) is 0 Å². The predicted molar refractivity (Wildman–Crippen MR) is 59.7 cm³/mol. The van der Waals surface area contributed by atoms with Gasteiger partial charge in [-0.1, -0.05) is 12.1 Å². The molecule has 1 aliphatic rings. The number of fused-ring (bicyclic) bond motifs is 1. The van der Waals surface area contributed by atoms with Crippen molar-refractivity contribution in [2.24, 2.45) is 0 Å². The lowest BCUT2D eigenvalue weighted by Gasteiger charge is -2.10. The fourth-order valence-corrected chi connectivity index (χ4v) is 2.13. The monoisotopic (exact) mass is 199 g/mol. The fourth-order valence-electron chi connectivity index (χ4n) is 2.13. The van der Waals surface area contributed by atoms with Crippen molar-refractivity contribution in [3.8, 4) is 0 Å². The van der Waals surface area contributed by atoms with Gasteiger partial charge in [-0.2, -0.15) is 0 Å². The first-order chi connectivity index (χ1) is 7.43. The Balaban J connectivity index is 2.05. The minimum Gasteiger partial charge on any atom is -0.374 e. The van der Waals surface area contributed by atoms with Crippen molar-refractivity contribution in [1.29, 1.82) is 0 Å². The van der Waals surface area contributed by atoms with Gasteiger partial charge in [-0.05, 0) is 36.6 Å². The van der Waals surface area contributed by atoms with E-state index < -0.39 is 0 Å². The van der Waals surface area contributed by atoms with Crippen LogP contribution in [0, 0.1) is 0 Å². The second kappa shape index (κ2) is 3.63. The van der Waals surface area contributed by atoms with Gasteiger partial charge in [0.05, 0.1) is 11.6 Å². The van der Waals surface area contributed by atoms with Crippen molar-refractivity contribution in [3.05, 3.63) is 42.1 Å². The molecule has 2 aromatic rings. The van der Waals surface area contributed by atoms with E-state index in [1.54, 1.807) is 0 Å². The summed E-state index contributed by atoms with van der Waals surface area (Å²) in [6.45, 7) is 0.899. The first-order valence-electron chi connectivity index (χ1n) is 5.40. The summed E-state index contributed by atoms with van der Waals surface area (Å²) in [6.07, 6.45) is 4.45. The minimum absolute atomic E-state index is 0.301.